The van der Waals surface area contributed by atoms with Crippen LogP contribution < -0.4 is 4.90 Å². The molecule has 2 aromatic heterocycles. The fraction of sp³-hybridized carbons (Fsp3) is 0.421. The normalized spacial score (nSPS) is 16.8. The number of anilines is 1. The Kier molecular flexibility index (Phi) is 10.1. The highest BCUT2D eigenvalue weighted by molar-refractivity contribution is 6.40. The van der Waals surface area contributed by atoms with Crippen LogP contribution in [0.25, 0.3) is 21.8 Å². The summed E-state index contributed by atoms with van der Waals surface area (Å²) < 4.78 is 13.6. The van der Waals surface area contributed by atoms with Gasteiger partial charge in [-0.1, -0.05) is 69.2 Å². The number of carbonyl (C=O) groups excluding carboxylic acids is 2. The van der Waals surface area contributed by atoms with Crippen molar-refractivity contribution in [3.63, 3.8) is 0 Å². The highest BCUT2D eigenvalue weighted by atomic mass is 16.5. The number of unbranched alkanes of at least 4 members (excludes halogenated alkanes) is 5. The number of aliphatic imine (C=N–C) groups is 1. The number of nitrogens with zero attached hydrogens (tertiary/aromatic N) is 4. The van der Waals surface area contributed by atoms with Gasteiger partial charge in [0.2, 0.25) is 0 Å². The van der Waals surface area contributed by atoms with E-state index in [4.69, 9.17) is 9.47 Å². The second kappa shape index (κ2) is 14.8. The highest BCUT2D eigenvalue weighted by Gasteiger charge is 2.43. The van der Waals surface area contributed by atoms with E-state index in [9.17, 15) is 9.59 Å². The van der Waals surface area contributed by atoms with E-state index in [0.29, 0.717) is 24.6 Å². The Labute approximate surface area is 271 Å². The van der Waals surface area contributed by atoms with Gasteiger partial charge in [-0.2, -0.15) is 0 Å². The van der Waals surface area contributed by atoms with Gasteiger partial charge in [0.1, 0.15) is 5.71 Å². The molecule has 2 aliphatic heterocycles. The van der Waals surface area contributed by atoms with E-state index in [1.165, 1.54) is 11.3 Å². The number of aryl methyl sites for hydroxylation is 1. The maximum Gasteiger partial charge on any atom is 0.359 e. The van der Waals surface area contributed by atoms with Crippen molar-refractivity contribution in [1.82, 2.24) is 9.55 Å². The third kappa shape index (κ3) is 6.30. The van der Waals surface area contributed by atoms with Gasteiger partial charge < -0.3 is 18.9 Å². The van der Waals surface area contributed by atoms with Gasteiger partial charge in [0.25, 0.3) is 0 Å². The Morgan fingerprint density at radius 1 is 0.783 bits per heavy atom. The van der Waals surface area contributed by atoms with Gasteiger partial charge in [0, 0.05) is 53.4 Å². The minimum Gasteiger partial charge on any atom is -0.461 e. The molecule has 2 unspecified atom stereocenters. The average Bonchev–Trinajstić information content (AvgIpc) is 3.59. The summed E-state index contributed by atoms with van der Waals surface area (Å²) in [5.74, 6) is -0.610. The third-order valence-corrected chi connectivity index (χ3v) is 9.14. The molecule has 0 amide bonds. The quantitative estimate of drug-likeness (QED) is 0.0989. The van der Waals surface area contributed by atoms with E-state index in [2.05, 4.69) is 75.8 Å². The molecule has 0 bridgehead atoms. The molecule has 0 spiro atoms. The number of carbonyl (C=O) groups is 2. The highest BCUT2D eigenvalue weighted by Crippen LogP contribution is 2.44. The van der Waals surface area contributed by atoms with Crippen molar-refractivity contribution in [2.24, 2.45) is 4.99 Å². The first-order chi connectivity index (χ1) is 22.6. The van der Waals surface area contributed by atoms with Crippen LogP contribution in [0.2, 0.25) is 0 Å². The number of fused-ring (bicyclic) bond motifs is 6. The lowest BCUT2D eigenvalue weighted by Gasteiger charge is -2.31. The van der Waals surface area contributed by atoms with Crippen molar-refractivity contribution in [1.29, 1.82) is 0 Å². The SMILES string of the molecule is CCCCN1c2ccccc2C2C=CN=C(C(=O)OCCCCCCOC(=O)c3nccc4c5ccccc5n(CCCC)c34)C21. The lowest BCUT2D eigenvalue weighted by molar-refractivity contribution is -0.135. The van der Waals surface area contributed by atoms with E-state index in [-0.39, 0.29) is 23.9 Å². The molecule has 240 valence electrons. The largest absolute Gasteiger partial charge is 0.461 e. The van der Waals surface area contributed by atoms with Crippen molar-refractivity contribution in [2.75, 3.05) is 24.7 Å². The molecule has 0 aliphatic carbocycles. The first-order valence-corrected chi connectivity index (χ1v) is 16.9. The number of para-hydroxylation sites is 2. The molecule has 0 saturated carbocycles. The fourth-order valence-electron chi connectivity index (χ4n) is 6.85. The molecule has 0 fully saturated rings. The molecule has 0 saturated heterocycles. The monoisotopic (exact) mass is 620 g/mol. The van der Waals surface area contributed by atoms with E-state index in [0.717, 1.165) is 86.3 Å². The number of esters is 2. The van der Waals surface area contributed by atoms with Crippen LogP contribution in [-0.2, 0) is 20.8 Å². The predicted octanol–water partition coefficient (Wildman–Crippen LogP) is 7.99. The van der Waals surface area contributed by atoms with Gasteiger partial charge in [0.05, 0.1) is 24.8 Å². The Bertz CT molecular complexity index is 1760. The summed E-state index contributed by atoms with van der Waals surface area (Å²) in [6.07, 6.45) is 13.0. The van der Waals surface area contributed by atoms with Crippen molar-refractivity contribution in [3.05, 3.63) is 84.3 Å². The van der Waals surface area contributed by atoms with E-state index in [1.54, 1.807) is 12.4 Å². The Balaban J connectivity index is 0.974. The minimum atomic E-state index is -0.386. The molecular weight excluding hydrogens is 576 g/mol. The van der Waals surface area contributed by atoms with Gasteiger partial charge >= 0.3 is 11.9 Å². The molecule has 2 atom stereocenters. The number of hydrogen-bond acceptors (Lipinski definition) is 7. The third-order valence-electron chi connectivity index (χ3n) is 9.14. The molecular formula is C38H44N4O4. The number of hydrogen-bond donors (Lipinski definition) is 0. The number of benzene rings is 2. The van der Waals surface area contributed by atoms with Gasteiger partial charge in [0.15, 0.2) is 5.69 Å². The smallest absolute Gasteiger partial charge is 0.359 e. The maximum atomic E-state index is 13.2. The van der Waals surface area contributed by atoms with Crippen molar-refractivity contribution in [3.8, 4) is 0 Å². The molecule has 4 heterocycles. The topological polar surface area (TPSA) is 86.0 Å². The van der Waals surface area contributed by atoms with Crippen LogP contribution in [0, 0.1) is 0 Å². The average molecular weight is 621 g/mol. The second-order valence-corrected chi connectivity index (χ2v) is 12.2. The molecule has 8 heteroatoms. The molecule has 0 radical (unpaired) electrons. The molecule has 6 rings (SSSR count). The van der Waals surface area contributed by atoms with Gasteiger partial charge in [-0.25, -0.2) is 14.6 Å². The van der Waals surface area contributed by atoms with Crippen LogP contribution in [-0.4, -0.2) is 53.0 Å². The molecule has 4 aromatic rings. The zero-order chi connectivity index (χ0) is 31.9. The molecule has 8 nitrogen and oxygen atoms in total. The lowest BCUT2D eigenvalue weighted by Crippen LogP contribution is -2.45. The molecule has 46 heavy (non-hydrogen) atoms. The number of pyridine rings is 1. The van der Waals surface area contributed by atoms with Crippen molar-refractivity contribution >= 4 is 45.1 Å². The second-order valence-electron chi connectivity index (χ2n) is 12.2. The summed E-state index contributed by atoms with van der Waals surface area (Å²) in [6, 6.07) is 18.5. The maximum absolute atomic E-state index is 13.2. The number of aromatic nitrogens is 2. The van der Waals surface area contributed by atoms with Crippen LogP contribution >= 0.6 is 0 Å². The predicted molar refractivity (Wildman–Crippen MR) is 184 cm³/mol. The van der Waals surface area contributed by atoms with Gasteiger partial charge in [-0.05, 0) is 62.3 Å². The summed E-state index contributed by atoms with van der Waals surface area (Å²) in [7, 11) is 0. The van der Waals surface area contributed by atoms with E-state index in [1.807, 2.05) is 18.2 Å². The molecule has 2 aromatic carbocycles. The number of ether oxygens (including phenoxy) is 2. The standard InChI is InChI=1S/C38H44N4O4/c1-3-5-23-41-31-17-11-9-15-27(31)29-19-21-39-33(35(29)41)37(43)45-25-13-7-8-14-26-46-38(44)34-36-30(20-22-40-34)28-16-10-12-18-32(28)42(36)24-6-4-2/h9-12,15-22,29,35H,3-8,13-14,23-26H2,1-2H3. The van der Waals surface area contributed by atoms with E-state index >= 15 is 0 Å². The minimum absolute atomic E-state index is 0.109. The zero-order valence-corrected chi connectivity index (χ0v) is 27.0. The Hall–Kier alpha value is -4.46. The van der Waals surface area contributed by atoms with Gasteiger partial charge in [-0.3, -0.25) is 4.99 Å². The lowest BCUT2D eigenvalue weighted by atomic mass is 9.90. The van der Waals surface area contributed by atoms with Crippen LogP contribution in [0.15, 0.2) is 78.1 Å². The number of rotatable bonds is 15. The fourth-order valence-corrected chi connectivity index (χ4v) is 6.85. The molecule has 0 N–H and O–H groups in total. The Morgan fingerprint density at radius 3 is 2.30 bits per heavy atom. The van der Waals surface area contributed by atoms with E-state index < -0.39 is 0 Å². The summed E-state index contributed by atoms with van der Waals surface area (Å²) >= 11 is 0. The summed E-state index contributed by atoms with van der Waals surface area (Å²) in [5, 5.41) is 2.15. The van der Waals surface area contributed by atoms with Gasteiger partial charge in [-0.15, -0.1) is 0 Å². The van der Waals surface area contributed by atoms with Crippen molar-refractivity contribution < 1.29 is 19.1 Å². The molecule has 2 aliphatic rings. The summed E-state index contributed by atoms with van der Waals surface area (Å²) in [5.41, 5.74) is 5.25. The van der Waals surface area contributed by atoms with Crippen LogP contribution in [0.3, 0.4) is 0 Å². The zero-order valence-electron chi connectivity index (χ0n) is 27.0. The Morgan fingerprint density at radius 2 is 1.50 bits per heavy atom. The summed E-state index contributed by atoms with van der Waals surface area (Å²) in [6.45, 7) is 6.72. The van der Waals surface area contributed by atoms with Crippen LogP contribution in [0.1, 0.15) is 87.2 Å². The summed E-state index contributed by atoms with van der Waals surface area (Å²) in [4.78, 5) is 37.7. The van der Waals surface area contributed by atoms with Crippen LogP contribution in [0.4, 0.5) is 5.69 Å². The van der Waals surface area contributed by atoms with Crippen LogP contribution in [0.5, 0.6) is 0 Å². The first kappa shape index (κ1) is 31.5. The van der Waals surface area contributed by atoms with Crippen molar-refractivity contribution in [2.45, 2.75) is 83.7 Å². The first-order valence-electron chi connectivity index (χ1n) is 16.9.